The largest absolute Gasteiger partial charge is 0.543 e. The Morgan fingerprint density at radius 3 is 2.76 bits per heavy atom. The first-order valence-corrected chi connectivity index (χ1v) is 5.97. The van der Waals surface area contributed by atoms with Gasteiger partial charge in [0, 0.05) is 6.07 Å². The van der Waals surface area contributed by atoms with Crippen LogP contribution in [-0.2, 0) is 5.38 Å². The second-order valence-corrected chi connectivity index (χ2v) is 4.56. The number of aromatic nitrogens is 3. The predicted octanol–water partition coefficient (Wildman–Crippen LogP) is 1.64. The highest BCUT2D eigenvalue weighted by atomic mass is 35.5. The molecule has 0 saturated carbocycles. The van der Waals surface area contributed by atoms with Gasteiger partial charge in [0.15, 0.2) is 11.4 Å². The lowest BCUT2D eigenvalue weighted by molar-refractivity contribution is -0.255. The highest BCUT2D eigenvalue weighted by molar-refractivity contribution is 6.21. The van der Waals surface area contributed by atoms with Gasteiger partial charge in [0.1, 0.15) is 17.1 Å². The van der Waals surface area contributed by atoms with Gasteiger partial charge in [-0.3, -0.25) is 0 Å². The zero-order valence-corrected chi connectivity index (χ0v) is 10.8. The number of furan rings is 1. The molecule has 0 spiro atoms. The van der Waals surface area contributed by atoms with E-state index in [0.717, 1.165) is 12.1 Å². The molecule has 3 heterocycles. The Labute approximate surface area is 120 Å². The molecule has 0 bridgehead atoms. The molecule has 0 aliphatic heterocycles. The summed E-state index contributed by atoms with van der Waals surface area (Å²) >= 11 is 5.04. The quantitative estimate of drug-likeness (QED) is 0.686. The van der Waals surface area contributed by atoms with Crippen LogP contribution in [0, 0.1) is 0 Å². The summed E-state index contributed by atoms with van der Waals surface area (Å²) in [5.74, 6) is -1.38. The van der Waals surface area contributed by atoms with E-state index in [1.54, 1.807) is 6.07 Å². The van der Waals surface area contributed by atoms with E-state index in [-0.39, 0.29) is 17.1 Å². The number of hydrogen-bond acceptors (Lipinski definition) is 5. The van der Waals surface area contributed by atoms with Gasteiger partial charge in [-0.2, -0.15) is 13.9 Å². The number of aromatic carboxylic acids is 1. The van der Waals surface area contributed by atoms with Crippen molar-refractivity contribution in [1.29, 1.82) is 0 Å². The minimum Gasteiger partial charge on any atom is -0.543 e. The van der Waals surface area contributed by atoms with Gasteiger partial charge in [-0.05, 0) is 29.8 Å². The number of hydrogen-bond donors (Lipinski definition) is 0. The van der Waals surface area contributed by atoms with E-state index in [1.807, 2.05) is 0 Å². The second-order valence-electron chi connectivity index (χ2n) is 4.09. The molecule has 0 aliphatic rings. The average Bonchev–Trinajstić information content (AvgIpc) is 3.05. The standard InChI is InChI=1S/C12H6ClF2N3O3/c13-12(14,15)9-4-6(8-2-1-3-21-8)16-10-5-7(11(19)20)17-18(9)10/h1-5H,(H,19,20)/p-1. The molecule has 21 heavy (non-hydrogen) atoms. The maximum atomic E-state index is 13.5. The van der Waals surface area contributed by atoms with Crippen molar-refractivity contribution >= 4 is 23.2 Å². The number of nitrogens with zero attached hydrogens (tertiary/aromatic N) is 3. The van der Waals surface area contributed by atoms with Crippen LogP contribution in [0.25, 0.3) is 17.1 Å². The highest BCUT2D eigenvalue weighted by Gasteiger charge is 2.33. The summed E-state index contributed by atoms with van der Waals surface area (Å²) in [6.07, 6.45) is 1.35. The van der Waals surface area contributed by atoms with Crippen molar-refractivity contribution < 1.29 is 23.1 Å². The van der Waals surface area contributed by atoms with Crippen LogP contribution in [0.3, 0.4) is 0 Å². The Morgan fingerprint density at radius 2 is 2.19 bits per heavy atom. The van der Waals surface area contributed by atoms with Crippen LogP contribution in [0.2, 0.25) is 0 Å². The SMILES string of the molecule is O=C([O-])c1cc2nc(-c3ccco3)cc(C(F)(F)Cl)n2n1. The Bertz CT molecular complexity index is 824. The third kappa shape index (κ3) is 2.33. The maximum Gasteiger partial charge on any atom is 0.364 e. The minimum absolute atomic E-state index is 0.0765. The Morgan fingerprint density at radius 1 is 1.43 bits per heavy atom. The van der Waals surface area contributed by atoms with Gasteiger partial charge >= 0.3 is 5.38 Å². The van der Waals surface area contributed by atoms with Crippen LogP contribution in [0.15, 0.2) is 34.9 Å². The van der Waals surface area contributed by atoms with Crippen molar-refractivity contribution in [2.75, 3.05) is 0 Å². The summed E-state index contributed by atoms with van der Waals surface area (Å²) in [5.41, 5.74) is -1.29. The molecule has 0 N–H and O–H groups in total. The zero-order valence-electron chi connectivity index (χ0n) is 10.1. The summed E-state index contributed by atoms with van der Waals surface area (Å²) in [4.78, 5) is 14.8. The number of halogens is 3. The predicted molar refractivity (Wildman–Crippen MR) is 64.8 cm³/mol. The molecule has 0 fully saturated rings. The fourth-order valence-corrected chi connectivity index (χ4v) is 1.96. The van der Waals surface area contributed by atoms with Crippen LogP contribution in [0.4, 0.5) is 8.78 Å². The molecular formula is C12H5ClF2N3O3-. The number of alkyl halides is 3. The number of carboxylic acids is 1. The fraction of sp³-hybridized carbons (Fsp3) is 0.0833. The molecule has 0 aromatic carbocycles. The molecule has 0 unspecified atom stereocenters. The molecule has 6 nitrogen and oxygen atoms in total. The van der Waals surface area contributed by atoms with Gasteiger partial charge in [0.05, 0.1) is 12.2 Å². The van der Waals surface area contributed by atoms with Gasteiger partial charge in [-0.25, -0.2) is 9.50 Å². The molecule has 0 amide bonds. The van der Waals surface area contributed by atoms with Crippen LogP contribution < -0.4 is 5.11 Å². The lowest BCUT2D eigenvalue weighted by Gasteiger charge is -2.11. The van der Waals surface area contributed by atoms with Crippen LogP contribution in [0.1, 0.15) is 16.2 Å². The van der Waals surface area contributed by atoms with Crippen molar-refractivity contribution in [1.82, 2.24) is 14.6 Å². The summed E-state index contributed by atoms with van der Waals surface area (Å²) < 4.78 is 32.7. The highest BCUT2D eigenvalue weighted by Crippen LogP contribution is 2.34. The summed E-state index contributed by atoms with van der Waals surface area (Å²) in [5, 5.41) is 10.5. The smallest absolute Gasteiger partial charge is 0.364 e. The second kappa shape index (κ2) is 4.52. The van der Waals surface area contributed by atoms with Crippen molar-refractivity contribution in [2.24, 2.45) is 0 Å². The van der Waals surface area contributed by atoms with Crippen molar-refractivity contribution in [3.05, 3.63) is 41.9 Å². The number of carboxylic acid groups (broad SMARTS) is 1. The summed E-state index contributed by atoms with van der Waals surface area (Å²) in [6.45, 7) is 0. The fourth-order valence-electron chi connectivity index (χ4n) is 1.83. The number of fused-ring (bicyclic) bond motifs is 1. The first-order chi connectivity index (χ1) is 9.86. The van der Waals surface area contributed by atoms with Crippen molar-refractivity contribution in [3.8, 4) is 11.5 Å². The van der Waals surface area contributed by atoms with Gasteiger partial charge in [0.25, 0.3) is 0 Å². The molecule has 9 heteroatoms. The van der Waals surface area contributed by atoms with Crippen LogP contribution in [-0.4, -0.2) is 20.6 Å². The lowest BCUT2D eigenvalue weighted by Crippen LogP contribution is -2.23. The Kier molecular flexibility index (Phi) is 2.91. The average molecular weight is 313 g/mol. The van der Waals surface area contributed by atoms with Crippen LogP contribution in [0.5, 0.6) is 0 Å². The number of rotatable bonds is 3. The van der Waals surface area contributed by atoms with Crippen molar-refractivity contribution in [3.63, 3.8) is 0 Å². The monoisotopic (exact) mass is 312 g/mol. The van der Waals surface area contributed by atoms with Gasteiger partial charge in [-0.1, -0.05) is 0 Å². The molecule has 0 saturated heterocycles. The lowest BCUT2D eigenvalue weighted by atomic mass is 10.2. The van der Waals surface area contributed by atoms with E-state index in [1.165, 1.54) is 12.3 Å². The first-order valence-electron chi connectivity index (χ1n) is 5.59. The van der Waals surface area contributed by atoms with E-state index >= 15 is 0 Å². The Balaban J connectivity index is 2.32. The normalized spacial score (nSPS) is 12.0. The van der Waals surface area contributed by atoms with Gasteiger partial charge < -0.3 is 14.3 Å². The Hall–Kier alpha value is -2.48. The topological polar surface area (TPSA) is 83.5 Å². The van der Waals surface area contributed by atoms with Crippen LogP contribution >= 0.6 is 11.6 Å². The molecule has 0 aliphatic carbocycles. The third-order valence-corrected chi connectivity index (χ3v) is 2.89. The molecule has 108 valence electrons. The molecular weight excluding hydrogens is 308 g/mol. The first kappa shape index (κ1) is 13.5. The summed E-state index contributed by atoms with van der Waals surface area (Å²) in [6, 6.07) is 5.06. The van der Waals surface area contributed by atoms with Gasteiger partial charge in [-0.15, -0.1) is 0 Å². The number of carbonyl (C=O) groups is 1. The number of carbonyl (C=O) groups excluding carboxylic acids is 1. The van der Waals surface area contributed by atoms with E-state index in [4.69, 9.17) is 16.0 Å². The molecule has 0 atom stereocenters. The maximum absolute atomic E-state index is 13.5. The summed E-state index contributed by atoms with van der Waals surface area (Å²) in [7, 11) is 0. The zero-order chi connectivity index (χ0) is 15.2. The molecule has 3 aromatic rings. The van der Waals surface area contributed by atoms with E-state index in [9.17, 15) is 18.7 Å². The minimum atomic E-state index is -3.77. The molecule has 3 rings (SSSR count). The van der Waals surface area contributed by atoms with E-state index in [0.29, 0.717) is 4.52 Å². The van der Waals surface area contributed by atoms with E-state index < -0.39 is 22.7 Å². The molecule has 0 radical (unpaired) electrons. The third-order valence-electron chi connectivity index (χ3n) is 2.70. The van der Waals surface area contributed by atoms with E-state index in [2.05, 4.69) is 10.1 Å². The van der Waals surface area contributed by atoms with Gasteiger partial charge in [0.2, 0.25) is 0 Å². The molecule has 3 aromatic heterocycles. The van der Waals surface area contributed by atoms with Crippen molar-refractivity contribution in [2.45, 2.75) is 5.38 Å².